The SMILES string of the molecule is OC(CNc1ncnc2ncccc12)c1ccsc1. The summed E-state index contributed by atoms with van der Waals surface area (Å²) in [6.45, 7) is 0.401. The van der Waals surface area contributed by atoms with Crippen LogP contribution in [0.3, 0.4) is 0 Å². The van der Waals surface area contributed by atoms with E-state index in [2.05, 4.69) is 20.3 Å². The zero-order valence-electron chi connectivity index (χ0n) is 10.0. The van der Waals surface area contributed by atoms with Gasteiger partial charge in [-0.25, -0.2) is 15.0 Å². The predicted molar refractivity (Wildman–Crippen MR) is 75.1 cm³/mol. The van der Waals surface area contributed by atoms with Gasteiger partial charge in [-0.3, -0.25) is 0 Å². The standard InChI is InChI=1S/C13H12N4OS/c18-11(9-3-5-19-7-9)6-15-13-10-2-1-4-14-12(10)16-8-17-13/h1-5,7-8,11,18H,6H2,(H,14,15,16,17). The smallest absolute Gasteiger partial charge is 0.164 e. The van der Waals surface area contributed by atoms with Crippen molar-refractivity contribution in [2.45, 2.75) is 6.10 Å². The van der Waals surface area contributed by atoms with Gasteiger partial charge in [-0.15, -0.1) is 0 Å². The number of aliphatic hydroxyl groups is 1. The van der Waals surface area contributed by atoms with Crippen molar-refractivity contribution in [3.05, 3.63) is 47.0 Å². The molecule has 2 N–H and O–H groups in total. The Kier molecular flexibility index (Phi) is 3.35. The predicted octanol–water partition coefficient (Wildman–Crippen LogP) is 2.23. The first-order valence-corrected chi connectivity index (χ1v) is 6.78. The van der Waals surface area contributed by atoms with E-state index < -0.39 is 6.10 Å². The zero-order chi connectivity index (χ0) is 13.1. The van der Waals surface area contributed by atoms with Gasteiger partial charge in [0.2, 0.25) is 0 Å². The van der Waals surface area contributed by atoms with Crippen molar-refractivity contribution < 1.29 is 5.11 Å². The van der Waals surface area contributed by atoms with Gasteiger partial charge in [0.15, 0.2) is 5.65 Å². The summed E-state index contributed by atoms with van der Waals surface area (Å²) in [4.78, 5) is 12.5. The van der Waals surface area contributed by atoms with Crippen LogP contribution in [-0.2, 0) is 0 Å². The normalized spacial score (nSPS) is 12.5. The van der Waals surface area contributed by atoms with E-state index in [9.17, 15) is 5.11 Å². The molecule has 3 aromatic rings. The summed E-state index contributed by atoms with van der Waals surface area (Å²) in [5.74, 6) is 0.687. The highest BCUT2D eigenvalue weighted by atomic mass is 32.1. The minimum atomic E-state index is -0.548. The molecule has 0 radical (unpaired) electrons. The van der Waals surface area contributed by atoms with Crippen LogP contribution in [0.15, 0.2) is 41.5 Å². The molecule has 0 fully saturated rings. The second kappa shape index (κ2) is 5.29. The third kappa shape index (κ3) is 2.54. The molecule has 3 aromatic heterocycles. The van der Waals surface area contributed by atoms with Crippen LogP contribution in [0.25, 0.3) is 11.0 Å². The van der Waals surface area contributed by atoms with Crippen molar-refractivity contribution in [2.24, 2.45) is 0 Å². The molecule has 6 heteroatoms. The number of fused-ring (bicyclic) bond motifs is 1. The molecule has 1 unspecified atom stereocenters. The van der Waals surface area contributed by atoms with E-state index in [0.29, 0.717) is 18.0 Å². The molecule has 0 spiro atoms. The summed E-state index contributed by atoms with van der Waals surface area (Å²) in [6, 6.07) is 5.66. The molecular formula is C13H12N4OS. The van der Waals surface area contributed by atoms with Crippen molar-refractivity contribution in [3.8, 4) is 0 Å². The molecule has 0 bridgehead atoms. The van der Waals surface area contributed by atoms with Crippen molar-refractivity contribution in [1.29, 1.82) is 0 Å². The van der Waals surface area contributed by atoms with Gasteiger partial charge >= 0.3 is 0 Å². The minimum absolute atomic E-state index is 0.401. The summed E-state index contributed by atoms with van der Waals surface area (Å²) in [6.07, 6.45) is 2.61. The second-order valence-corrected chi connectivity index (χ2v) is 4.83. The highest BCUT2D eigenvalue weighted by molar-refractivity contribution is 7.07. The Morgan fingerprint density at radius 2 is 2.21 bits per heavy atom. The summed E-state index contributed by atoms with van der Waals surface area (Å²) < 4.78 is 0. The van der Waals surface area contributed by atoms with Crippen molar-refractivity contribution in [3.63, 3.8) is 0 Å². The van der Waals surface area contributed by atoms with Crippen LogP contribution in [0, 0.1) is 0 Å². The fraction of sp³-hybridized carbons (Fsp3) is 0.154. The molecule has 0 aliphatic heterocycles. The first-order valence-electron chi connectivity index (χ1n) is 5.84. The van der Waals surface area contributed by atoms with Crippen LogP contribution in [0.1, 0.15) is 11.7 Å². The summed E-state index contributed by atoms with van der Waals surface area (Å²) in [5, 5.41) is 17.9. The summed E-state index contributed by atoms with van der Waals surface area (Å²) in [5.41, 5.74) is 1.55. The van der Waals surface area contributed by atoms with E-state index in [0.717, 1.165) is 10.9 Å². The first-order chi connectivity index (χ1) is 9.34. The molecule has 0 amide bonds. The Bertz CT molecular complexity index is 666. The Hall–Kier alpha value is -2.05. The maximum atomic E-state index is 10.0. The van der Waals surface area contributed by atoms with E-state index in [-0.39, 0.29) is 0 Å². The third-order valence-corrected chi connectivity index (χ3v) is 3.50. The molecule has 0 saturated heterocycles. The fourth-order valence-electron chi connectivity index (χ4n) is 1.81. The number of nitrogens with zero attached hydrogens (tertiary/aromatic N) is 3. The molecule has 5 nitrogen and oxygen atoms in total. The van der Waals surface area contributed by atoms with Crippen molar-refractivity contribution >= 4 is 28.2 Å². The summed E-state index contributed by atoms with van der Waals surface area (Å²) >= 11 is 1.57. The number of anilines is 1. The topological polar surface area (TPSA) is 70.9 Å². The lowest BCUT2D eigenvalue weighted by molar-refractivity contribution is 0.192. The molecule has 0 aliphatic rings. The van der Waals surface area contributed by atoms with E-state index >= 15 is 0 Å². The Labute approximate surface area is 114 Å². The molecular weight excluding hydrogens is 260 g/mol. The number of hydrogen-bond donors (Lipinski definition) is 2. The number of thiophene rings is 1. The van der Waals surface area contributed by atoms with E-state index in [1.807, 2.05) is 29.0 Å². The molecule has 96 valence electrons. The average Bonchev–Trinajstić information content (AvgIpc) is 2.99. The lowest BCUT2D eigenvalue weighted by Crippen LogP contribution is -2.12. The molecule has 3 rings (SSSR count). The number of aromatic nitrogens is 3. The van der Waals surface area contributed by atoms with Gasteiger partial charge < -0.3 is 10.4 Å². The van der Waals surface area contributed by atoms with Crippen LogP contribution >= 0.6 is 11.3 Å². The van der Waals surface area contributed by atoms with Crippen molar-refractivity contribution in [2.75, 3.05) is 11.9 Å². The maximum Gasteiger partial charge on any atom is 0.164 e. The van der Waals surface area contributed by atoms with Gasteiger partial charge in [0.05, 0.1) is 11.5 Å². The first kappa shape index (κ1) is 12.0. The molecule has 1 atom stereocenters. The van der Waals surface area contributed by atoms with Crippen LogP contribution in [0.2, 0.25) is 0 Å². The quantitative estimate of drug-likeness (QED) is 0.762. The minimum Gasteiger partial charge on any atom is -0.387 e. The fourth-order valence-corrected chi connectivity index (χ4v) is 2.52. The number of pyridine rings is 1. The Balaban J connectivity index is 1.79. The summed E-state index contributed by atoms with van der Waals surface area (Å²) in [7, 11) is 0. The molecule has 0 aliphatic carbocycles. The molecule has 3 heterocycles. The van der Waals surface area contributed by atoms with Gasteiger partial charge in [-0.2, -0.15) is 11.3 Å². The zero-order valence-corrected chi connectivity index (χ0v) is 10.8. The van der Waals surface area contributed by atoms with Gasteiger partial charge in [-0.1, -0.05) is 0 Å². The Morgan fingerprint density at radius 1 is 1.26 bits per heavy atom. The average molecular weight is 272 g/mol. The van der Waals surface area contributed by atoms with Gasteiger partial charge in [0.25, 0.3) is 0 Å². The lowest BCUT2D eigenvalue weighted by atomic mass is 10.2. The van der Waals surface area contributed by atoms with Gasteiger partial charge in [0.1, 0.15) is 12.1 Å². The van der Waals surface area contributed by atoms with E-state index in [4.69, 9.17) is 0 Å². The van der Waals surface area contributed by atoms with E-state index in [1.54, 1.807) is 17.5 Å². The van der Waals surface area contributed by atoms with Crippen LogP contribution in [-0.4, -0.2) is 26.6 Å². The highest BCUT2D eigenvalue weighted by Crippen LogP contribution is 2.20. The van der Waals surface area contributed by atoms with Gasteiger partial charge in [0, 0.05) is 12.7 Å². The number of nitrogens with one attached hydrogen (secondary N) is 1. The number of hydrogen-bond acceptors (Lipinski definition) is 6. The largest absolute Gasteiger partial charge is 0.387 e. The number of rotatable bonds is 4. The van der Waals surface area contributed by atoms with Crippen LogP contribution < -0.4 is 5.32 Å². The van der Waals surface area contributed by atoms with Gasteiger partial charge in [-0.05, 0) is 34.5 Å². The maximum absolute atomic E-state index is 10.0. The number of aliphatic hydroxyl groups excluding tert-OH is 1. The lowest BCUT2D eigenvalue weighted by Gasteiger charge is -2.12. The molecule has 19 heavy (non-hydrogen) atoms. The Morgan fingerprint density at radius 3 is 3.05 bits per heavy atom. The van der Waals surface area contributed by atoms with E-state index in [1.165, 1.54) is 6.33 Å². The molecule has 0 aromatic carbocycles. The van der Waals surface area contributed by atoms with Crippen LogP contribution in [0.5, 0.6) is 0 Å². The molecule has 0 saturated carbocycles. The van der Waals surface area contributed by atoms with Crippen LogP contribution in [0.4, 0.5) is 5.82 Å². The third-order valence-electron chi connectivity index (χ3n) is 2.80. The second-order valence-electron chi connectivity index (χ2n) is 4.05. The van der Waals surface area contributed by atoms with Crippen molar-refractivity contribution in [1.82, 2.24) is 15.0 Å². The highest BCUT2D eigenvalue weighted by Gasteiger charge is 2.09. The monoisotopic (exact) mass is 272 g/mol.